The number of aliphatic hydroxyl groups is 1. The monoisotopic (exact) mass is 480 g/mol. The molecule has 1 unspecified atom stereocenters. The molecule has 5 rings (SSSR count). The lowest BCUT2D eigenvalue weighted by Crippen LogP contribution is -2.29. The number of carbonyl (C=O) groups excluding carboxylic acids is 2. The first-order chi connectivity index (χ1) is 17.6. The number of nitrogens with one attached hydrogen (secondary N) is 1. The molecule has 1 amide bonds. The van der Waals surface area contributed by atoms with Crippen molar-refractivity contribution in [1.29, 1.82) is 0 Å². The van der Waals surface area contributed by atoms with Crippen LogP contribution in [-0.4, -0.2) is 23.4 Å². The van der Waals surface area contributed by atoms with Crippen LogP contribution in [0.2, 0.25) is 0 Å². The quantitative estimate of drug-likeness (QED) is 0.190. The summed E-state index contributed by atoms with van der Waals surface area (Å²) in [5.74, 6) is -0.793. The van der Waals surface area contributed by atoms with E-state index >= 15 is 0 Å². The van der Waals surface area contributed by atoms with E-state index in [2.05, 4.69) is 5.32 Å². The summed E-state index contributed by atoms with van der Waals surface area (Å²) in [6.45, 7) is 2.39. The Labute approximate surface area is 208 Å². The van der Waals surface area contributed by atoms with Crippen LogP contribution in [0.1, 0.15) is 24.3 Å². The van der Waals surface area contributed by atoms with E-state index < -0.39 is 17.7 Å². The molecule has 0 radical (unpaired) electrons. The van der Waals surface area contributed by atoms with Crippen molar-refractivity contribution in [2.75, 3.05) is 16.8 Å². The molecule has 3 aromatic carbocycles. The number of furan rings is 1. The van der Waals surface area contributed by atoms with Gasteiger partial charge in [-0.15, -0.1) is 0 Å². The largest absolute Gasteiger partial charge is 0.507 e. The van der Waals surface area contributed by atoms with Crippen molar-refractivity contribution in [2.24, 2.45) is 0 Å². The van der Waals surface area contributed by atoms with E-state index in [9.17, 15) is 14.7 Å². The minimum absolute atomic E-state index is 0.0365. The van der Waals surface area contributed by atoms with Gasteiger partial charge >= 0.3 is 0 Å². The highest BCUT2D eigenvalue weighted by atomic mass is 16.5. The Bertz CT molecular complexity index is 1390. The Morgan fingerprint density at radius 2 is 1.61 bits per heavy atom. The van der Waals surface area contributed by atoms with Gasteiger partial charge in [0.15, 0.2) is 0 Å². The molecular formula is C29H24N2O5. The van der Waals surface area contributed by atoms with Gasteiger partial charge in [0.25, 0.3) is 11.7 Å². The zero-order valence-electron chi connectivity index (χ0n) is 19.5. The predicted octanol–water partition coefficient (Wildman–Crippen LogP) is 6.05. The molecule has 180 valence electrons. The number of carbonyl (C=O) groups is 2. The van der Waals surface area contributed by atoms with Crippen LogP contribution in [0.5, 0.6) is 5.75 Å². The molecule has 36 heavy (non-hydrogen) atoms. The van der Waals surface area contributed by atoms with Gasteiger partial charge in [0.2, 0.25) is 0 Å². The van der Waals surface area contributed by atoms with E-state index in [-0.39, 0.29) is 11.3 Å². The predicted molar refractivity (Wildman–Crippen MR) is 137 cm³/mol. The van der Waals surface area contributed by atoms with Crippen molar-refractivity contribution >= 4 is 34.5 Å². The van der Waals surface area contributed by atoms with Gasteiger partial charge in [-0.25, -0.2) is 0 Å². The summed E-state index contributed by atoms with van der Waals surface area (Å²) in [6.07, 6.45) is 1.47. The molecular weight excluding hydrogens is 456 g/mol. The third-order valence-corrected chi connectivity index (χ3v) is 5.90. The number of ketones is 1. The standard InChI is InChI=1S/C29H24N2O5/c1-2-35-23-16-10-19(11-17-23)27(32)25-26(24-9-6-18-36-24)31(29(34)28(25)33)22-14-12-21(13-15-22)30-20-7-4-3-5-8-20/h3-18,26,30,32H,2H2,1H3/b27-25-. The fourth-order valence-corrected chi connectivity index (χ4v) is 4.24. The maximum absolute atomic E-state index is 13.2. The normalized spacial score (nSPS) is 16.8. The van der Waals surface area contributed by atoms with Crippen molar-refractivity contribution in [3.8, 4) is 5.75 Å². The molecule has 7 heteroatoms. The number of rotatable bonds is 7. The zero-order valence-corrected chi connectivity index (χ0v) is 19.5. The summed E-state index contributed by atoms with van der Waals surface area (Å²) >= 11 is 0. The van der Waals surface area contributed by atoms with Crippen LogP contribution in [-0.2, 0) is 9.59 Å². The fraction of sp³-hybridized carbons (Fsp3) is 0.103. The topological polar surface area (TPSA) is 92.0 Å². The van der Waals surface area contributed by atoms with E-state index in [0.717, 1.165) is 11.4 Å². The first-order valence-corrected chi connectivity index (χ1v) is 11.6. The third-order valence-electron chi connectivity index (χ3n) is 5.90. The highest BCUT2D eigenvalue weighted by molar-refractivity contribution is 6.51. The molecule has 1 aromatic heterocycles. The lowest BCUT2D eigenvalue weighted by molar-refractivity contribution is -0.132. The summed E-state index contributed by atoms with van der Waals surface area (Å²) in [4.78, 5) is 27.8. The van der Waals surface area contributed by atoms with Crippen LogP contribution >= 0.6 is 0 Å². The summed E-state index contributed by atoms with van der Waals surface area (Å²) in [5, 5.41) is 14.5. The minimum atomic E-state index is -0.917. The second-order valence-electron chi connectivity index (χ2n) is 8.18. The van der Waals surface area contributed by atoms with Crippen molar-refractivity contribution in [3.05, 3.63) is 114 Å². The van der Waals surface area contributed by atoms with Gasteiger partial charge in [0, 0.05) is 22.6 Å². The summed E-state index contributed by atoms with van der Waals surface area (Å²) in [6, 6.07) is 26.0. The maximum Gasteiger partial charge on any atom is 0.300 e. The molecule has 0 bridgehead atoms. The molecule has 1 atom stereocenters. The summed E-state index contributed by atoms with van der Waals surface area (Å²) < 4.78 is 11.1. The molecule has 4 aromatic rings. The average Bonchev–Trinajstić information content (AvgIpc) is 3.52. The van der Waals surface area contributed by atoms with Crippen molar-refractivity contribution in [1.82, 2.24) is 0 Å². The Morgan fingerprint density at radius 1 is 0.917 bits per heavy atom. The van der Waals surface area contributed by atoms with Gasteiger partial charge in [-0.3, -0.25) is 14.5 Å². The Morgan fingerprint density at radius 3 is 2.25 bits per heavy atom. The second-order valence-corrected chi connectivity index (χ2v) is 8.18. The minimum Gasteiger partial charge on any atom is -0.507 e. The number of anilines is 3. The van der Waals surface area contributed by atoms with Crippen LogP contribution in [0.3, 0.4) is 0 Å². The van der Waals surface area contributed by atoms with Gasteiger partial charge in [0.1, 0.15) is 23.3 Å². The number of amides is 1. The molecule has 0 spiro atoms. The van der Waals surface area contributed by atoms with Gasteiger partial charge in [-0.1, -0.05) is 18.2 Å². The smallest absolute Gasteiger partial charge is 0.300 e. The fourth-order valence-electron chi connectivity index (χ4n) is 4.24. The SMILES string of the molecule is CCOc1ccc(/C(O)=C2/C(=O)C(=O)N(c3ccc(Nc4ccccc4)cc3)C2c2ccco2)cc1. The van der Waals surface area contributed by atoms with E-state index in [1.54, 1.807) is 48.5 Å². The van der Waals surface area contributed by atoms with Crippen LogP contribution in [0.4, 0.5) is 17.1 Å². The highest BCUT2D eigenvalue weighted by Crippen LogP contribution is 2.42. The first kappa shape index (κ1) is 23.0. The van der Waals surface area contributed by atoms with E-state index in [1.807, 2.05) is 49.4 Å². The van der Waals surface area contributed by atoms with Crippen LogP contribution < -0.4 is 15.0 Å². The lowest BCUT2D eigenvalue weighted by Gasteiger charge is -2.23. The van der Waals surface area contributed by atoms with Crippen molar-refractivity contribution in [2.45, 2.75) is 13.0 Å². The van der Waals surface area contributed by atoms with Crippen LogP contribution in [0.25, 0.3) is 5.76 Å². The van der Waals surface area contributed by atoms with Gasteiger partial charge in [-0.2, -0.15) is 0 Å². The molecule has 0 saturated carbocycles. The van der Waals surface area contributed by atoms with Crippen molar-refractivity contribution in [3.63, 3.8) is 0 Å². The Balaban J connectivity index is 1.52. The summed E-state index contributed by atoms with van der Waals surface area (Å²) in [7, 11) is 0. The highest BCUT2D eigenvalue weighted by Gasteiger charge is 2.48. The average molecular weight is 481 g/mol. The lowest BCUT2D eigenvalue weighted by atomic mass is 9.99. The summed E-state index contributed by atoms with van der Waals surface area (Å²) in [5.41, 5.74) is 2.62. The van der Waals surface area contributed by atoms with Gasteiger partial charge in [-0.05, 0) is 79.7 Å². The molecule has 0 aliphatic carbocycles. The first-order valence-electron chi connectivity index (χ1n) is 11.6. The Hall–Kier alpha value is -4.78. The molecule has 2 N–H and O–H groups in total. The van der Waals surface area contributed by atoms with Crippen LogP contribution in [0, 0.1) is 0 Å². The van der Waals surface area contributed by atoms with E-state index in [0.29, 0.717) is 29.4 Å². The third kappa shape index (κ3) is 4.34. The second kappa shape index (κ2) is 9.84. The van der Waals surface area contributed by atoms with Gasteiger partial charge in [0.05, 0.1) is 18.4 Å². The molecule has 1 fully saturated rings. The number of ether oxygens (including phenoxy) is 1. The number of hydrogen-bond acceptors (Lipinski definition) is 6. The van der Waals surface area contributed by atoms with Crippen LogP contribution in [0.15, 0.2) is 107 Å². The molecule has 1 aliphatic heterocycles. The van der Waals surface area contributed by atoms with E-state index in [1.165, 1.54) is 11.2 Å². The molecule has 1 saturated heterocycles. The molecule has 1 aliphatic rings. The number of nitrogens with zero attached hydrogens (tertiary/aromatic N) is 1. The maximum atomic E-state index is 13.2. The Kier molecular flexibility index (Phi) is 6.28. The van der Waals surface area contributed by atoms with E-state index in [4.69, 9.17) is 9.15 Å². The number of Topliss-reactive ketones (excluding diaryl/α,β-unsaturated/α-hetero) is 1. The number of para-hydroxylation sites is 1. The van der Waals surface area contributed by atoms with Crippen molar-refractivity contribution < 1.29 is 23.8 Å². The molecule has 7 nitrogen and oxygen atoms in total. The number of benzene rings is 3. The van der Waals surface area contributed by atoms with Gasteiger partial charge < -0.3 is 19.6 Å². The zero-order chi connectivity index (χ0) is 25.1. The molecule has 2 heterocycles. The number of aliphatic hydroxyl groups excluding tert-OH is 1. The number of hydrogen-bond donors (Lipinski definition) is 2.